The van der Waals surface area contributed by atoms with Crippen molar-refractivity contribution in [2.75, 3.05) is 0 Å². The van der Waals surface area contributed by atoms with E-state index in [0.29, 0.717) is 10.9 Å². The second-order valence-corrected chi connectivity index (χ2v) is 4.30. The molecule has 5 nitrogen and oxygen atoms in total. The summed E-state index contributed by atoms with van der Waals surface area (Å²) in [5.74, 6) is 6.33. The molecule has 1 aromatic heterocycles. The van der Waals surface area contributed by atoms with Gasteiger partial charge in [-0.05, 0) is 0 Å². The fraction of sp³-hybridized carbons (Fsp3) is 0.0909. The normalized spacial score (nSPS) is 11.6. The average molecular weight is 248 g/mol. The van der Waals surface area contributed by atoms with E-state index in [0.717, 1.165) is 17.0 Å². The molecule has 0 saturated heterocycles. The molecule has 0 bridgehead atoms. The minimum absolute atomic E-state index is 0.322. The first-order valence-corrected chi connectivity index (χ1v) is 5.95. The highest BCUT2D eigenvalue weighted by atomic mass is 32.2. The smallest absolute Gasteiger partial charge is 0.177 e. The van der Waals surface area contributed by atoms with Gasteiger partial charge < -0.3 is 16.1 Å². The zero-order valence-electron chi connectivity index (χ0n) is 9.04. The van der Waals surface area contributed by atoms with E-state index < -0.39 is 0 Å². The van der Waals surface area contributed by atoms with Gasteiger partial charge in [-0.15, -0.1) is 0 Å². The fourth-order valence-corrected chi connectivity index (χ4v) is 1.81. The molecule has 2 aromatic rings. The van der Waals surface area contributed by atoms with Gasteiger partial charge in [0.05, 0.1) is 5.75 Å². The number of rotatable bonds is 3. The van der Waals surface area contributed by atoms with Crippen LogP contribution in [0.5, 0.6) is 0 Å². The van der Waals surface area contributed by atoms with E-state index in [1.165, 1.54) is 11.8 Å². The minimum atomic E-state index is 0.322. The Hall–Kier alpha value is -1.95. The zero-order valence-corrected chi connectivity index (χ0v) is 9.85. The maximum absolute atomic E-state index is 5.46. The Bertz CT molecular complexity index is 509. The zero-order chi connectivity index (χ0) is 12.1. The van der Waals surface area contributed by atoms with Crippen LogP contribution in [0.3, 0.4) is 0 Å². The molecule has 0 aliphatic rings. The molecule has 0 unspecified atom stereocenters. The predicted molar refractivity (Wildman–Crippen MR) is 69.0 cm³/mol. The molecule has 0 radical (unpaired) electrons. The van der Waals surface area contributed by atoms with Crippen molar-refractivity contribution >= 4 is 16.9 Å². The van der Waals surface area contributed by atoms with Gasteiger partial charge in [0.1, 0.15) is 11.5 Å². The van der Waals surface area contributed by atoms with Crippen molar-refractivity contribution in [3.63, 3.8) is 0 Å². The largest absolute Gasteiger partial charge is 0.377 e. The number of hydrazone groups is 1. The topological polar surface area (TPSA) is 90.4 Å². The Morgan fingerprint density at radius 1 is 1.35 bits per heavy atom. The van der Waals surface area contributed by atoms with Crippen LogP contribution in [0, 0.1) is 0 Å². The van der Waals surface area contributed by atoms with Gasteiger partial charge in [-0.1, -0.05) is 47.3 Å². The van der Waals surface area contributed by atoms with Gasteiger partial charge in [-0.25, -0.2) is 0 Å². The molecular formula is C11H12N4OS. The second kappa shape index (κ2) is 5.40. The summed E-state index contributed by atoms with van der Waals surface area (Å²) in [5.41, 5.74) is 7.30. The van der Waals surface area contributed by atoms with Gasteiger partial charge in [0.2, 0.25) is 0 Å². The van der Waals surface area contributed by atoms with Crippen molar-refractivity contribution in [3.8, 4) is 11.3 Å². The Morgan fingerprint density at radius 3 is 2.82 bits per heavy atom. The average Bonchev–Trinajstić information content (AvgIpc) is 2.86. The lowest BCUT2D eigenvalue weighted by Gasteiger charge is -1.94. The summed E-state index contributed by atoms with van der Waals surface area (Å²) in [6.07, 6.45) is 0. The summed E-state index contributed by atoms with van der Waals surface area (Å²) in [7, 11) is 0. The number of thioether (sulfide) groups is 1. The third kappa shape index (κ3) is 3.01. The van der Waals surface area contributed by atoms with Crippen molar-refractivity contribution < 1.29 is 4.52 Å². The van der Waals surface area contributed by atoms with Crippen LogP contribution in [-0.2, 0) is 5.75 Å². The van der Waals surface area contributed by atoms with Crippen LogP contribution >= 0.6 is 11.8 Å². The molecule has 17 heavy (non-hydrogen) atoms. The highest BCUT2D eigenvalue weighted by Crippen LogP contribution is 2.21. The van der Waals surface area contributed by atoms with Crippen molar-refractivity contribution in [2.45, 2.75) is 5.75 Å². The Morgan fingerprint density at radius 2 is 2.12 bits per heavy atom. The first-order valence-electron chi connectivity index (χ1n) is 4.97. The molecule has 0 spiro atoms. The Balaban J connectivity index is 2.06. The number of hydrogen-bond donors (Lipinski definition) is 2. The van der Waals surface area contributed by atoms with Crippen molar-refractivity contribution in [3.05, 3.63) is 42.2 Å². The maximum Gasteiger partial charge on any atom is 0.177 e. The molecule has 0 aliphatic carbocycles. The van der Waals surface area contributed by atoms with Crippen molar-refractivity contribution in [2.24, 2.45) is 16.7 Å². The van der Waals surface area contributed by atoms with Gasteiger partial charge in [0, 0.05) is 11.6 Å². The van der Waals surface area contributed by atoms with Gasteiger partial charge in [0.25, 0.3) is 0 Å². The SMILES string of the molecule is NN=C(N)SCc1cc(-c2ccccc2)no1. The van der Waals surface area contributed by atoms with Crippen LogP contribution in [0.25, 0.3) is 11.3 Å². The number of nitrogens with two attached hydrogens (primary N) is 2. The summed E-state index contributed by atoms with van der Waals surface area (Å²) in [5, 5.41) is 7.68. The lowest BCUT2D eigenvalue weighted by Crippen LogP contribution is -2.09. The second-order valence-electron chi connectivity index (χ2n) is 3.30. The number of nitrogens with zero attached hydrogens (tertiary/aromatic N) is 2. The van der Waals surface area contributed by atoms with Crippen molar-refractivity contribution in [1.82, 2.24) is 5.16 Å². The lowest BCUT2D eigenvalue weighted by atomic mass is 10.1. The maximum atomic E-state index is 5.46. The first-order chi connectivity index (χ1) is 8.29. The molecule has 2 rings (SSSR count). The number of benzene rings is 1. The molecule has 0 aliphatic heterocycles. The van der Waals surface area contributed by atoms with Crippen LogP contribution in [-0.4, -0.2) is 10.3 Å². The molecule has 0 fully saturated rings. The molecule has 6 heteroatoms. The van der Waals surface area contributed by atoms with E-state index in [2.05, 4.69) is 10.3 Å². The number of hydrogen-bond acceptors (Lipinski definition) is 5. The summed E-state index contributed by atoms with van der Waals surface area (Å²) < 4.78 is 5.19. The van der Waals surface area contributed by atoms with Crippen molar-refractivity contribution in [1.29, 1.82) is 0 Å². The standard InChI is InChI=1S/C11H12N4OS/c12-11(14-13)17-7-9-6-10(15-16-9)8-4-2-1-3-5-8/h1-6H,7,13H2,(H2,12,14). The minimum Gasteiger partial charge on any atom is -0.377 e. The first kappa shape index (κ1) is 11.5. The molecular weight excluding hydrogens is 236 g/mol. The third-order valence-electron chi connectivity index (χ3n) is 2.12. The van der Waals surface area contributed by atoms with Gasteiger partial charge in [-0.2, -0.15) is 5.10 Å². The fourth-order valence-electron chi connectivity index (χ4n) is 1.31. The molecule has 88 valence electrons. The number of amidine groups is 1. The Kier molecular flexibility index (Phi) is 3.66. The molecule has 0 amide bonds. The molecule has 4 N–H and O–H groups in total. The summed E-state index contributed by atoms with van der Waals surface area (Å²) in [4.78, 5) is 0. The quantitative estimate of drug-likeness (QED) is 0.374. The van der Waals surface area contributed by atoms with E-state index in [1.807, 2.05) is 36.4 Å². The van der Waals surface area contributed by atoms with Gasteiger partial charge in [0.15, 0.2) is 5.17 Å². The number of aromatic nitrogens is 1. The van der Waals surface area contributed by atoms with E-state index in [4.69, 9.17) is 16.1 Å². The van der Waals surface area contributed by atoms with Crippen LogP contribution in [0.2, 0.25) is 0 Å². The lowest BCUT2D eigenvalue weighted by molar-refractivity contribution is 0.397. The summed E-state index contributed by atoms with van der Waals surface area (Å²) in [6, 6.07) is 11.7. The summed E-state index contributed by atoms with van der Waals surface area (Å²) >= 11 is 1.31. The monoisotopic (exact) mass is 248 g/mol. The van der Waals surface area contributed by atoms with Crippen LogP contribution in [0.15, 0.2) is 46.0 Å². The third-order valence-corrected chi connectivity index (χ3v) is 2.95. The van der Waals surface area contributed by atoms with E-state index >= 15 is 0 Å². The van der Waals surface area contributed by atoms with Gasteiger partial charge in [-0.3, -0.25) is 0 Å². The van der Waals surface area contributed by atoms with Crippen LogP contribution in [0.4, 0.5) is 0 Å². The molecule has 0 saturated carbocycles. The highest BCUT2D eigenvalue weighted by Gasteiger charge is 2.06. The van der Waals surface area contributed by atoms with Gasteiger partial charge >= 0.3 is 0 Å². The molecule has 1 heterocycles. The van der Waals surface area contributed by atoms with Crippen LogP contribution < -0.4 is 11.6 Å². The molecule has 0 atom stereocenters. The van der Waals surface area contributed by atoms with Crippen LogP contribution in [0.1, 0.15) is 5.76 Å². The van der Waals surface area contributed by atoms with E-state index in [-0.39, 0.29) is 0 Å². The highest BCUT2D eigenvalue weighted by molar-refractivity contribution is 8.13. The Labute approximate surface area is 103 Å². The van der Waals surface area contributed by atoms with E-state index in [9.17, 15) is 0 Å². The van der Waals surface area contributed by atoms with E-state index in [1.54, 1.807) is 0 Å². The molecule has 1 aromatic carbocycles. The predicted octanol–water partition coefficient (Wildman–Crippen LogP) is 1.76. The summed E-state index contributed by atoms with van der Waals surface area (Å²) in [6.45, 7) is 0.